The van der Waals surface area contributed by atoms with Crippen molar-refractivity contribution >= 4 is 5.78 Å². The number of aliphatic hydroxyl groups is 2. The number of carbonyl (C=O) groups excluding carboxylic acids is 1. The summed E-state index contributed by atoms with van der Waals surface area (Å²) in [4.78, 5) is 12.4. The minimum Gasteiger partial charge on any atom is -0.393 e. The summed E-state index contributed by atoms with van der Waals surface area (Å²) in [6, 6.07) is 0. The van der Waals surface area contributed by atoms with Crippen LogP contribution in [0.5, 0.6) is 0 Å². The fourth-order valence-corrected chi connectivity index (χ4v) is 7.73. The van der Waals surface area contributed by atoms with E-state index in [-0.39, 0.29) is 28.6 Å². The van der Waals surface area contributed by atoms with Crippen LogP contribution in [0.1, 0.15) is 72.6 Å². The Hall–Kier alpha value is -0.670. The van der Waals surface area contributed by atoms with E-state index >= 15 is 0 Å². The number of carbonyl (C=O) groups is 1. The largest absolute Gasteiger partial charge is 0.393 e. The lowest BCUT2D eigenvalue weighted by molar-refractivity contribution is -0.165. The Morgan fingerprint density at radius 1 is 1.20 bits per heavy atom. The van der Waals surface area contributed by atoms with Gasteiger partial charge in [-0.05, 0) is 81.0 Å². The topological polar surface area (TPSA) is 57.5 Å². The van der Waals surface area contributed by atoms with E-state index in [1.165, 1.54) is 5.57 Å². The zero-order valence-corrected chi connectivity index (χ0v) is 16.2. The maximum absolute atomic E-state index is 12.4. The van der Waals surface area contributed by atoms with Crippen LogP contribution in [-0.4, -0.2) is 27.7 Å². The molecule has 0 saturated heterocycles. The fraction of sp³-hybridized carbons (Fsp3) is 0.864. The number of hydrogen-bond donors (Lipinski definition) is 2. The molecule has 3 nitrogen and oxygen atoms in total. The summed E-state index contributed by atoms with van der Waals surface area (Å²) in [6.07, 6.45) is 9.15. The lowest BCUT2D eigenvalue weighted by atomic mass is 9.46. The van der Waals surface area contributed by atoms with Crippen LogP contribution < -0.4 is 0 Å². The van der Waals surface area contributed by atoms with Crippen molar-refractivity contribution in [1.29, 1.82) is 0 Å². The van der Waals surface area contributed by atoms with Gasteiger partial charge in [-0.2, -0.15) is 0 Å². The Morgan fingerprint density at radius 3 is 2.60 bits per heavy atom. The van der Waals surface area contributed by atoms with Gasteiger partial charge in [0.1, 0.15) is 5.60 Å². The molecule has 3 saturated carbocycles. The van der Waals surface area contributed by atoms with E-state index in [0.29, 0.717) is 17.8 Å². The summed E-state index contributed by atoms with van der Waals surface area (Å²) in [5, 5.41) is 21.5. The molecule has 0 aromatic heterocycles. The second-order valence-electron chi connectivity index (χ2n) is 10.1. The van der Waals surface area contributed by atoms with Crippen molar-refractivity contribution in [3.63, 3.8) is 0 Å². The van der Waals surface area contributed by atoms with E-state index in [1.807, 2.05) is 0 Å². The van der Waals surface area contributed by atoms with Crippen LogP contribution in [0.25, 0.3) is 0 Å². The number of ketones is 1. The van der Waals surface area contributed by atoms with E-state index in [2.05, 4.69) is 26.8 Å². The van der Waals surface area contributed by atoms with Gasteiger partial charge in [-0.1, -0.05) is 32.4 Å². The van der Waals surface area contributed by atoms with Crippen molar-refractivity contribution in [3.05, 3.63) is 11.6 Å². The van der Waals surface area contributed by atoms with E-state index in [4.69, 9.17) is 0 Å². The molecule has 0 spiro atoms. The number of allylic oxidation sites excluding steroid dienone is 1. The first-order chi connectivity index (χ1) is 11.6. The molecule has 0 unspecified atom stereocenters. The Kier molecular flexibility index (Phi) is 3.84. The zero-order valence-electron chi connectivity index (χ0n) is 16.2. The molecule has 0 aliphatic heterocycles. The van der Waals surface area contributed by atoms with Crippen molar-refractivity contribution < 1.29 is 15.0 Å². The normalized spacial score (nSPS) is 55.0. The molecule has 0 radical (unpaired) electrons. The SMILES string of the molecule is CC(=O)[C@@]1(O)[C@H](C)C[C@H]2[C@H]3CC=C4C[C@@H](O)CC[C@]4(C)[C@@H]3CC[C@@]21C. The molecule has 0 amide bonds. The van der Waals surface area contributed by atoms with Gasteiger partial charge in [0, 0.05) is 5.41 Å². The predicted octanol–water partition coefficient (Wildman–Crippen LogP) is 3.88. The quantitative estimate of drug-likeness (QED) is 0.709. The van der Waals surface area contributed by atoms with Gasteiger partial charge in [-0.15, -0.1) is 0 Å². The van der Waals surface area contributed by atoms with Crippen molar-refractivity contribution in [2.24, 2.45) is 34.5 Å². The van der Waals surface area contributed by atoms with E-state index in [0.717, 1.165) is 44.9 Å². The van der Waals surface area contributed by atoms with Crippen LogP contribution >= 0.6 is 0 Å². The molecular weight excluding hydrogens is 312 g/mol. The highest BCUT2D eigenvalue weighted by Crippen LogP contribution is 2.68. The molecule has 2 N–H and O–H groups in total. The molecule has 0 aromatic carbocycles. The van der Waals surface area contributed by atoms with Gasteiger partial charge >= 0.3 is 0 Å². The summed E-state index contributed by atoms with van der Waals surface area (Å²) in [6.45, 7) is 8.26. The van der Waals surface area contributed by atoms with E-state index in [9.17, 15) is 15.0 Å². The summed E-state index contributed by atoms with van der Waals surface area (Å²) in [7, 11) is 0. The van der Waals surface area contributed by atoms with Crippen LogP contribution in [-0.2, 0) is 4.79 Å². The third kappa shape index (κ3) is 2.09. The standard InChI is InChI=1S/C22H34O3/c1-13-11-19-17-6-5-15-12-16(24)7-9-20(15,3)18(17)8-10-21(19,4)22(13,25)14(2)23/h5,13,16-19,24-25H,6-12H2,1-4H3/t13-,16+,17+,18-,19+,20+,21+,22+/m1/s1. The number of hydrogen-bond acceptors (Lipinski definition) is 3. The number of Topliss-reactive ketones (excluding diaryl/α,β-unsaturated/α-hetero) is 1. The van der Waals surface area contributed by atoms with Crippen LogP contribution in [0.15, 0.2) is 11.6 Å². The van der Waals surface area contributed by atoms with E-state index in [1.54, 1.807) is 6.92 Å². The fourth-order valence-electron chi connectivity index (χ4n) is 7.73. The molecule has 4 aliphatic carbocycles. The van der Waals surface area contributed by atoms with Gasteiger partial charge < -0.3 is 10.2 Å². The zero-order chi connectivity index (χ0) is 18.2. The first kappa shape index (κ1) is 17.7. The summed E-state index contributed by atoms with van der Waals surface area (Å²) < 4.78 is 0. The van der Waals surface area contributed by atoms with Gasteiger partial charge in [0.05, 0.1) is 6.10 Å². The molecule has 8 atom stereocenters. The minimum atomic E-state index is -1.16. The summed E-state index contributed by atoms with van der Waals surface area (Å²) >= 11 is 0. The lowest BCUT2D eigenvalue weighted by Crippen LogP contribution is -2.58. The van der Waals surface area contributed by atoms with E-state index < -0.39 is 5.60 Å². The van der Waals surface area contributed by atoms with Crippen LogP contribution in [0.4, 0.5) is 0 Å². The maximum atomic E-state index is 12.4. The summed E-state index contributed by atoms with van der Waals surface area (Å²) in [5.74, 6) is 1.64. The Morgan fingerprint density at radius 2 is 1.92 bits per heavy atom. The van der Waals surface area contributed by atoms with Gasteiger partial charge in [-0.3, -0.25) is 4.79 Å². The average molecular weight is 347 g/mol. The molecule has 0 heterocycles. The number of aliphatic hydroxyl groups excluding tert-OH is 1. The third-order valence-corrected chi connectivity index (χ3v) is 9.20. The monoisotopic (exact) mass is 346 g/mol. The average Bonchev–Trinajstić information content (AvgIpc) is 2.77. The van der Waals surface area contributed by atoms with Crippen molar-refractivity contribution in [1.82, 2.24) is 0 Å². The Bertz CT molecular complexity index is 625. The molecule has 3 fully saturated rings. The van der Waals surface area contributed by atoms with Gasteiger partial charge in [-0.25, -0.2) is 0 Å². The predicted molar refractivity (Wildman–Crippen MR) is 97.9 cm³/mol. The van der Waals surface area contributed by atoms with Crippen molar-refractivity contribution in [3.8, 4) is 0 Å². The molecule has 25 heavy (non-hydrogen) atoms. The van der Waals surface area contributed by atoms with Crippen LogP contribution in [0.2, 0.25) is 0 Å². The maximum Gasteiger partial charge on any atom is 0.162 e. The molecule has 3 heteroatoms. The van der Waals surface area contributed by atoms with Gasteiger partial charge in [0.15, 0.2) is 5.78 Å². The second kappa shape index (κ2) is 5.42. The molecule has 0 bridgehead atoms. The van der Waals surface area contributed by atoms with Gasteiger partial charge in [0.2, 0.25) is 0 Å². The third-order valence-electron chi connectivity index (χ3n) is 9.20. The highest BCUT2D eigenvalue weighted by Gasteiger charge is 2.67. The first-order valence-electron chi connectivity index (χ1n) is 10.3. The Labute approximate surface area is 151 Å². The highest BCUT2D eigenvalue weighted by atomic mass is 16.3. The van der Waals surface area contributed by atoms with Crippen LogP contribution in [0.3, 0.4) is 0 Å². The smallest absolute Gasteiger partial charge is 0.162 e. The molecule has 4 aliphatic rings. The molecule has 140 valence electrons. The second-order valence-corrected chi connectivity index (χ2v) is 10.1. The molecule has 0 aromatic rings. The van der Waals surface area contributed by atoms with Gasteiger partial charge in [0.25, 0.3) is 0 Å². The van der Waals surface area contributed by atoms with Crippen molar-refractivity contribution in [2.45, 2.75) is 84.3 Å². The van der Waals surface area contributed by atoms with Crippen molar-refractivity contribution in [2.75, 3.05) is 0 Å². The first-order valence-corrected chi connectivity index (χ1v) is 10.3. The Balaban J connectivity index is 1.72. The number of rotatable bonds is 1. The van der Waals surface area contributed by atoms with Crippen LogP contribution in [0, 0.1) is 34.5 Å². The lowest BCUT2D eigenvalue weighted by Gasteiger charge is -2.58. The minimum absolute atomic E-state index is 0.0394. The molecule has 4 rings (SSSR count). The highest BCUT2D eigenvalue weighted by molar-refractivity contribution is 5.86. The summed E-state index contributed by atoms with van der Waals surface area (Å²) in [5.41, 5.74) is 0.249. The number of fused-ring (bicyclic) bond motifs is 5. The molecular formula is C22H34O3.